The van der Waals surface area contributed by atoms with E-state index >= 15 is 0 Å². The molecule has 3 atom stereocenters. The number of aryl methyl sites for hydroxylation is 1. The summed E-state index contributed by atoms with van der Waals surface area (Å²) in [5, 5.41) is 3.42. The number of rotatable bonds is 4. The van der Waals surface area contributed by atoms with Crippen molar-refractivity contribution in [3.8, 4) is 0 Å². The molecule has 0 aliphatic carbocycles. The minimum absolute atomic E-state index is 0.0126. The zero-order chi connectivity index (χ0) is 14.9. The molecule has 1 N–H and O–H groups in total. The van der Waals surface area contributed by atoms with E-state index in [1.54, 1.807) is 0 Å². The molecule has 0 saturated carbocycles. The topological polar surface area (TPSA) is 32.3 Å². The molecule has 3 heteroatoms. The predicted octanol–water partition coefficient (Wildman–Crippen LogP) is 3.11. The minimum atomic E-state index is -0.0973. The molecule has 1 aromatic carbocycles. The summed E-state index contributed by atoms with van der Waals surface area (Å²) in [6.07, 6.45) is 0.0126. The number of carbonyl (C=O) groups excluding carboxylic acids is 1. The maximum atomic E-state index is 12.4. The van der Waals surface area contributed by atoms with E-state index in [1.165, 1.54) is 11.1 Å². The zero-order valence-corrected chi connectivity index (χ0v) is 13.2. The van der Waals surface area contributed by atoms with Crippen LogP contribution in [-0.2, 0) is 4.79 Å². The molecule has 3 nitrogen and oxygen atoms in total. The first kappa shape index (κ1) is 15.0. The fourth-order valence-electron chi connectivity index (χ4n) is 2.61. The Hall–Kier alpha value is -1.35. The summed E-state index contributed by atoms with van der Waals surface area (Å²) in [5.74, 6) is 1.29. The van der Waals surface area contributed by atoms with Crippen LogP contribution in [0.5, 0.6) is 0 Å². The van der Waals surface area contributed by atoms with E-state index < -0.39 is 0 Å². The van der Waals surface area contributed by atoms with E-state index in [0.717, 1.165) is 6.54 Å². The Bertz CT molecular complexity index is 484. The molecule has 1 heterocycles. The molecule has 0 spiro atoms. The molecule has 3 unspecified atom stereocenters. The largest absolute Gasteiger partial charge is 0.321 e. The second kappa shape index (κ2) is 5.96. The highest BCUT2D eigenvalue weighted by molar-refractivity contribution is 5.84. The summed E-state index contributed by atoms with van der Waals surface area (Å²) in [6, 6.07) is 8.31. The van der Waals surface area contributed by atoms with Gasteiger partial charge in [0.1, 0.15) is 6.17 Å². The second-order valence-corrected chi connectivity index (χ2v) is 6.42. The highest BCUT2D eigenvalue weighted by Gasteiger charge is 2.37. The van der Waals surface area contributed by atoms with Crippen molar-refractivity contribution in [2.45, 2.75) is 46.8 Å². The van der Waals surface area contributed by atoms with Crippen LogP contribution in [0.4, 0.5) is 0 Å². The van der Waals surface area contributed by atoms with E-state index in [9.17, 15) is 4.79 Å². The van der Waals surface area contributed by atoms with Gasteiger partial charge in [0.05, 0.1) is 6.04 Å². The van der Waals surface area contributed by atoms with Gasteiger partial charge in [0.15, 0.2) is 0 Å². The van der Waals surface area contributed by atoms with E-state index in [4.69, 9.17) is 0 Å². The van der Waals surface area contributed by atoms with E-state index in [2.05, 4.69) is 57.3 Å². The van der Waals surface area contributed by atoms with Gasteiger partial charge in [-0.05, 0) is 31.2 Å². The second-order valence-electron chi connectivity index (χ2n) is 6.42. The van der Waals surface area contributed by atoms with Crippen LogP contribution in [0, 0.1) is 18.8 Å². The standard InChI is InChI=1S/C17H26N2O/c1-11(2)13(4)10-19-16(18-14(5)17(19)20)15-8-6-7-12(3)9-15/h6-9,11,13-14,16,18H,10H2,1-5H3. The molecule has 1 amide bonds. The number of amides is 1. The molecule has 2 rings (SSSR count). The highest BCUT2D eigenvalue weighted by Crippen LogP contribution is 2.28. The van der Waals surface area contributed by atoms with Crippen molar-refractivity contribution in [3.63, 3.8) is 0 Å². The Morgan fingerprint density at radius 2 is 2.00 bits per heavy atom. The van der Waals surface area contributed by atoms with Crippen LogP contribution in [0.2, 0.25) is 0 Å². The third-order valence-electron chi connectivity index (χ3n) is 4.35. The Morgan fingerprint density at radius 1 is 1.30 bits per heavy atom. The van der Waals surface area contributed by atoms with Crippen molar-refractivity contribution in [1.82, 2.24) is 10.2 Å². The fourth-order valence-corrected chi connectivity index (χ4v) is 2.61. The number of hydrogen-bond acceptors (Lipinski definition) is 2. The SMILES string of the molecule is Cc1cccc(C2NC(C)C(=O)N2CC(C)C(C)C)c1. The Balaban J connectivity index is 2.24. The molecule has 1 aliphatic rings. The lowest BCUT2D eigenvalue weighted by atomic mass is 9.97. The average Bonchev–Trinajstić information content (AvgIpc) is 2.67. The van der Waals surface area contributed by atoms with Crippen molar-refractivity contribution < 1.29 is 4.79 Å². The van der Waals surface area contributed by atoms with Gasteiger partial charge >= 0.3 is 0 Å². The molecule has 1 saturated heterocycles. The van der Waals surface area contributed by atoms with Crippen LogP contribution in [0.3, 0.4) is 0 Å². The molecule has 0 radical (unpaired) electrons. The summed E-state index contributed by atoms with van der Waals surface area (Å²) in [4.78, 5) is 14.4. The van der Waals surface area contributed by atoms with Crippen molar-refractivity contribution in [2.75, 3.05) is 6.54 Å². The van der Waals surface area contributed by atoms with Crippen molar-refractivity contribution in [1.29, 1.82) is 0 Å². The summed E-state index contributed by atoms with van der Waals surface area (Å²) in [6.45, 7) is 11.5. The van der Waals surface area contributed by atoms with Crippen molar-refractivity contribution in [2.24, 2.45) is 11.8 Å². The quantitative estimate of drug-likeness (QED) is 0.915. The van der Waals surface area contributed by atoms with Gasteiger partial charge in [-0.15, -0.1) is 0 Å². The minimum Gasteiger partial charge on any atom is -0.321 e. The molecule has 1 aromatic rings. The van der Waals surface area contributed by atoms with Gasteiger partial charge in [0.25, 0.3) is 0 Å². The zero-order valence-electron chi connectivity index (χ0n) is 13.2. The van der Waals surface area contributed by atoms with E-state index in [1.807, 2.05) is 11.8 Å². The molecule has 1 aliphatic heterocycles. The van der Waals surface area contributed by atoms with Gasteiger partial charge in [0, 0.05) is 6.54 Å². The lowest BCUT2D eigenvalue weighted by Crippen LogP contribution is -2.35. The monoisotopic (exact) mass is 274 g/mol. The first-order chi connectivity index (χ1) is 9.40. The molecular weight excluding hydrogens is 248 g/mol. The van der Waals surface area contributed by atoms with Gasteiger partial charge in [-0.2, -0.15) is 0 Å². The molecule has 20 heavy (non-hydrogen) atoms. The Morgan fingerprint density at radius 3 is 2.60 bits per heavy atom. The van der Waals surface area contributed by atoms with Crippen LogP contribution < -0.4 is 5.32 Å². The fraction of sp³-hybridized carbons (Fsp3) is 0.588. The molecule has 0 bridgehead atoms. The number of hydrogen-bond donors (Lipinski definition) is 1. The molecule has 0 aromatic heterocycles. The van der Waals surface area contributed by atoms with Gasteiger partial charge in [-0.3, -0.25) is 10.1 Å². The number of nitrogens with zero attached hydrogens (tertiary/aromatic N) is 1. The number of nitrogens with one attached hydrogen (secondary N) is 1. The van der Waals surface area contributed by atoms with Crippen LogP contribution in [0.15, 0.2) is 24.3 Å². The van der Waals surface area contributed by atoms with Crippen molar-refractivity contribution >= 4 is 5.91 Å². The van der Waals surface area contributed by atoms with Crippen molar-refractivity contribution in [3.05, 3.63) is 35.4 Å². The maximum absolute atomic E-state index is 12.4. The molecular formula is C17H26N2O. The first-order valence-corrected chi connectivity index (χ1v) is 7.53. The van der Waals surface area contributed by atoms with Gasteiger partial charge in [-0.25, -0.2) is 0 Å². The molecule has 110 valence electrons. The van der Waals surface area contributed by atoms with E-state index in [0.29, 0.717) is 11.8 Å². The van der Waals surface area contributed by atoms with Crippen LogP contribution in [-0.4, -0.2) is 23.4 Å². The summed E-state index contributed by atoms with van der Waals surface area (Å²) >= 11 is 0. The predicted molar refractivity (Wildman–Crippen MR) is 82.2 cm³/mol. The summed E-state index contributed by atoms with van der Waals surface area (Å²) in [7, 11) is 0. The average molecular weight is 274 g/mol. The molecule has 1 fully saturated rings. The van der Waals surface area contributed by atoms with Crippen LogP contribution in [0.25, 0.3) is 0 Å². The smallest absolute Gasteiger partial charge is 0.241 e. The Kier molecular flexibility index (Phi) is 4.48. The number of benzene rings is 1. The van der Waals surface area contributed by atoms with E-state index in [-0.39, 0.29) is 18.1 Å². The summed E-state index contributed by atoms with van der Waals surface area (Å²) < 4.78 is 0. The first-order valence-electron chi connectivity index (χ1n) is 7.53. The maximum Gasteiger partial charge on any atom is 0.241 e. The van der Waals surface area contributed by atoms with Crippen LogP contribution >= 0.6 is 0 Å². The van der Waals surface area contributed by atoms with Gasteiger partial charge in [-0.1, -0.05) is 50.6 Å². The Labute approximate surface area is 122 Å². The third-order valence-corrected chi connectivity index (χ3v) is 4.35. The van der Waals surface area contributed by atoms with Crippen LogP contribution in [0.1, 0.15) is 45.0 Å². The van der Waals surface area contributed by atoms with Gasteiger partial charge in [0.2, 0.25) is 5.91 Å². The highest BCUT2D eigenvalue weighted by atomic mass is 16.2. The lowest BCUT2D eigenvalue weighted by molar-refractivity contribution is -0.130. The number of carbonyl (C=O) groups is 1. The normalized spacial score (nSPS) is 24.5. The summed E-state index contributed by atoms with van der Waals surface area (Å²) in [5.41, 5.74) is 2.41. The van der Waals surface area contributed by atoms with Gasteiger partial charge < -0.3 is 4.90 Å². The third kappa shape index (κ3) is 3.04. The lowest BCUT2D eigenvalue weighted by Gasteiger charge is -2.29.